The molecule has 1 saturated carbocycles. The van der Waals surface area contributed by atoms with Gasteiger partial charge in [0.2, 0.25) is 18.0 Å². The number of thiophene rings is 1. The van der Waals surface area contributed by atoms with Gasteiger partial charge in [0.25, 0.3) is 0 Å². The fourth-order valence-corrected chi connectivity index (χ4v) is 14.7. The van der Waals surface area contributed by atoms with E-state index < -0.39 is 38.3 Å². The predicted octanol–water partition coefficient (Wildman–Crippen LogP) is 9.98. The van der Waals surface area contributed by atoms with Crippen LogP contribution in [-0.4, -0.2) is 86.1 Å². The average Bonchev–Trinajstić information content (AvgIpc) is 4.02. The van der Waals surface area contributed by atoms with E-state index >= 15 is 4.39 Å². The van der Waals surface area contributed by atoms with E-state index in [1.165, 1.54) is 30.9 Å². The summed E-state index contributed by atoms with van der Waals surface area (Å²) in [6, 6.07) is 24.3. The van der Waals surface area contributed by atoms with Crippen molar-refractivity contribution in [3.8, 4) is 39.5 Å². The second-order valence-corrected chi connectivity index (χ2v) is 26.3. The second-order valence-electron chi connectivity index (χ2n) is 20.1. The van der Waals surface area contributed by atoms with E-state index in [9.17, 15) is 14.4 Å². The summed E-state index contributed by atoms with van der Waals surface area (Å²) in [5.74, 6) is 1.41. The number of halogens is 1. The summed E-state index contributed by atoms with van der Waals surface area (Å²) in [5.41, 5.74) is 12.2. The van der Waals surface area contributed by atoms with Crippen LogP contribution in [0.1, 0.15) is 96.8 Å². The van der Waals surface area contributed by atoms with Gasteiger partial charge in [-0.1, -0.05) is 63.3 Å². The van der Waals surface area contributed by atoms with Gasteiger partial charge in [-0.3, -0.25) is 14.2 Å². The summed E-state index contributed by atoms with van der Waals surface area (Å²) in [7, 11) is -0.498. The first-order chi connectivity index (χ1) is 33.2. The molecule has 7 heterocycles. The number of rotatable bonds is 11. The number of imidazole rings is 2. The summed E-state index contributed by atoms with van der Waals surface area (Å²) in [4.78, 5) is 62.6. The quantitative estimate of drug-likeness (QED) is 0.0927. The Labute approximate surface area is 404 Å². The molecule has 14 nitrogen and oxygen atoms in total. The van der Waals surface area contributed by atoms with Crippen molar-refractivity contribution in [2.45, 2.75) is 95.0 Å². The van der Waals surface area contributed by atoms with E-state index in [4.69, 9.17) is 25.2 Å². The largest absolute Gasteiger partial charge is 0.464 e. The number of H-pyrrole nitrogens is 2. The first kappa shape index (κ1) is 44.9. The van der Waals surface area contributed by atoms with Gasteiger partial charge >= 0.3 is 6.09 Å². The summed E-state index contributed by atoms with van der Waals surface area (Å²) >= 11 is 1.75. The van der Waals surface area contributed by atoms with Crippen LogP contribution in [-0.2, 0) is 14.3 Å². The van der Waals surface area contributed by atoms with E-state index in [1.54, 1.807) is 22.4 Å². The molecule has 0 spiro atoms. The molecule has 0 radical (unpaired) electrons. The molecular weight excluding hydrogens is 910 g/mol. The number of benzene rings is 3. The Balaban J connectivity index is 0.915. The maximum atomic E-state index is 17.0. The number of nitrogens with two attached hydrogens (primary N) is 1. The molecule has 17 heteroatoms. The van der Waals surface area contributed by atoms with E-state index in [-0.39, 0.29) is 29.8 Å². The van der Waals surface area contributed by atoms with Crippen LogP contribution in [0, 0.1) is 11.7 Å². The molecule has 69 heavy (non-hydrogen) atoms. The van der Waals surface area contributed by atoms with Crippen LogP contribution in [0.25, 0.3) is 44.7 Å². The predicted molar refractivity (Wildman–Crippen MR) is 266 cm³/mol. The van der Waals surface area contributed by atoms with Gasteiger partial charge in [-0.05, 0) is 91.6 Å². The number of hydrogen-bond acceptors (Lipinski definition) is 9. The van der Waals surface area contributed by atoms with Crippen molar-refractivity contribution < 1.29 is 28.2 Å². The highest BCUT2D eigenvalue weighted by Gasteiger charge is 2.45. The third-order valence-electron chi connectivity index (χ3n) is 14.3. The van der Waals surface area contributed by atoms with Gasteiger partial charge in [0.05, 0.1) is 72.7 Å². The number of fused-ring (bicyclic) bond motifs is 5. The first-order valence-electron chi connectivity index (χ1n) is 23.9. The van der Waals surface area contributed by atoms with Gasteiger partial charge in [-0.2, -0.15) is 0 Å². The average molecular weight is 966 g/mol. The van der Waals surface area contributed by atoms with Crippen LogP contribution < -0.4 is 15.8 Å². The molecule has 4 aromatic heterocycles. The molecule has 0 bridgehead atoms. The van der Waals surface area contributed by atoms with Crippen molar-refractivity contribution >= 4 is 48.2 Å². The molecule has 4 aliphatic rings. The van der Waals surface area contributed by atoms with Crippen LogP contribution >= 0.6 is 11.3 Å². The Morgan fingerprint density at radius 3 is 2.33 bits per heavy atom. The van der Waals surface area contributed by atoms with Crippen LogP contribution in [0.5, 0.6) is 5.75 Å². The Morgan fingerprint density at radius 1 is 0.884 bits per heavy atom. The molecular formula is C52H56FN9O5SSi. The summed E-state index contributed by atoms with van der Waals surface area (Å²) < 4.78 is 30.8. The number of alkyl carbamates (subject to hydrolysis) is 1. The maximum absolute atomic E-state index is 17.0. The number of amides is 3. The number of likely N-dealkylation sites (tertiary alicyclic amines) is 1. The number of carbonyl (C=O) groups is 3. The first-order valence-corrected chi connectivity index (χ1v) is 28.1. The number of ether oxygens (including phenoxy) is 2. The lowest BCUT2D eigenvalue weighted by molar-refractivity contribution is -0.135. The standard InChI is InChI=1S/C52H56FN9O5SSi/c1-28(2)46(59-52(65)66-3)50(64)60-19-9-12-38(60)47-55-25-36(58-47)32-21-34(53)44-39-22-33-20-31(15-16-37(33)62(39)51(67-41(44)23-32)43-18-17-42(68-43)29-13-14-29)35-24-56-48(57-35)40-26-69(4,5)27-61(40)49(63)45(54)30-10-7-6-8-11-30/h6-8,10-11,15-18,20-25,28-29,38,40,45-46,51H,9,12-14,19,26-27,54H2,1-5H3,(H,55,58)(H,56,57)(H,59,65)/t38-,40-,45+,46-,51-/m0/s1. The van der Waals surface area contributed by atoms with Gasteiger partial charge in [0.15, 0.2) is 0 Å². The normalized spacial score (nSPS) is 20.4. The summed E-state index contributed by atoms with van der Waals surface area (Å²) in [5, 5.41) is 3.61. The van der Waals surface area contributed by atoms with E-state index in [2.05, 4.69) is 63.3 Å². The number of aromatic nitrogens is 5. The Hall–Kier alpha value is -6.56. The van der Waals surface area contributed by atoms with E-state index in [0.717, 1.165) is 50.9 Å². The number of methoxy groups -OCH3 is 1. The van der Waals surface area contributed by atoms with Crippen molar-refractivity contribution in [3.63, 3.8) is 0 Å². The molecule has 2 saturated heterocycles. The molecule has 0 unspecified atom stereocenters. The number of hydrogen-bond donors (Lipinski definition) is 4. The number of aromatic amines is 2. The molecule has 11 rings (SSSR count). The smallest absolute Gasteiger partial charge is 0.407 e. The van der Waals surface area contributed by atoms with Crippen LogP contribution in [0.2, 0.25) is 19.1 Å². The Morgan fingerprint density at radius 2 is 1.61 bits per heavy atom. The molecule has 5 atom stereocenters. The van der Waals surface area contributed by atoms with Gasteiger partial charge in [0.1, 0.15) is 35.3 Å². The highest BCUT2D eigenvalue weighted by Crippen LogP contribution is 2.50. The van der Waals surface area contributed by atoms with Gasteiger partial charge < -0.3 is 40.3 Å². The van der Waals surface area contributed by atoms with Gasteiger partial charge in [0, 0.05) is 34.1 Å². The van der Waals surface area contributed by atoms with Crippen molar-refractivity contribution in [1.82, 2.24) is 39.6 Å². The molecule has 3 aromatic carbocycles. The maximum Gasteiger partial charge on any atom is 0.407 e. The fourth-order valence-electron chi connectivity index (χ4n) is 10.6. The Bertz CT molecular complexity index is 3120. The Kier molecular flexibility index (Phi) is 11.4. The fraction of sp³-hybridized carbons (Fsp3) is 0.365. The van der Waals surface area contributed by atoms with Gasteiger partial charge in [-0.15, -0.1) is 11.3 Å². The van der Waals surface area contributed by atoms with Crippen molar-refractivity contribution in [2.24, 2.45) is 11.7 Å². The monoisotopic (exact) mass is 965 g/mol. The van der Waals surface area contributed by atoms with E-state index in [1.807, 2.05) is 67.4 Å². The molecule has 3 aliphatic heterocycles. The lowest BCUT2D eigenvalue weighted by atomic mass is 10.0. The number of carbonyl (C=O) groups excluding carboxylic acids is 3. The van der Waals surface area contributed by atoms with Crippen LogP contribution in [0.15, 0.2) is 91.3 Å². The minimum atomic E-state index is -1.77. The molecule has 1 aliphatic carbocycles. The van der Waals surface area contributed by atoms with Crippen LogP contribution in [0.3, 0.4) is 0 Å². The molecule has 3 amide bonds. The zero-order valence-corrected chi connectivity index (χ0v) is 41.1. The number of nitrogens with zero attached hydrogens (tertiary/aromatic N) is 5. The topological polar surface area (TPSA) is 176 Å². The summed E-state index contributed by atoms with van der Waals surface area (Å²) in [6.07, 6.45) is 6.81. The molecule has 7 aromatic rings. The molecule has 5 N–H and O–H groups in total. The lowest BCUT2D eigenvalue weighted by Gasteiger charge is -2.30. The zero-order valence-electron chi connectivity index (χ0n) is 39.3. The third-order valence-corrected chi connectivity index (χ3v) is 18.3. The minimum absolute atomic E-state index is 0.0971. The zero-order chi connectivity index (χ0) is 47.9. The summed E-state index contributed by atoms with van der Waals surface area (Å²) in [6.45, 7) is 8.88. The van der Waals surface area contributed by atoms with Crippen molar-refractivity contribution in [2.75, 3.05) is 19.8 Å². The van der Waals surface area contributed by atoms with Crippen LogP contribution in [0.4, 0.5) is 9.18 Å². The van der Waals surface area contributed by atoms with Crippen molar-refractivity contribution in [1.29, 1.82) is 0 Å². The number of nitrogens with one attached hydrogen (secondary N) is 3. The van der Waals surface area contributed by atoms with Crippen molar-refractivity contribution in [3.05, 3.63) is 124 Å². The minimum Gasteiger partial charge on any atom is -0.464 e. The highest BCUT2D eigenvalue weighted by molar-refractivity contribution is 7.12. The third kappa shape index (κ3) is 8.23. The second kappa shape index (κ2) is 17.4. The highest BCUT2D eigenvalue weighted by atomic mass is 32.1. The van der Waals surface area contributed by atoms with E-state index in [0.29, 0.717) is 59.1 Å². The SMILES string of the molecule is COC(=O)N[C@H](C(=O)N1CCC[C@H]1c1ncc(-c2cc(F)c3c(c2)O[C@@H](c2ccc(C4CC4)s2)n2c-3cc3cc(-c4cnc([C@@H]5C[Si](C)(C)CN5C(=O)[C@H](N)c5ccccc5)[nH]4)ccc32)[nH]1)C(C)C. The van der Waals surface area contributed by atoms with Gasteiger partial charge in [-0.25, -0.2) is 19.2 Å². The molecule has 356 valence electrons. The molecule has 3 fully saturated rings. The lowest BCUT2D eigenvalue weighted by Crippen LogP contribution is -2.51.